The Morgan fingerprint density at radius 2 is 2.21 bits per heavy atom. The molecule has 1 heterocycles. The zero-order valence-electron chi connectivity index (χ0n) is 12.3. The average Bonchev–Trinajstić information content (AvgIpc) is 2.38. The quantitative estimate of drug-likeness (QED) is 0.736. The van der Waals surface area contributed by atoms with Gasteiger partial charge >= 0.3 is 5.97 Å². The Morgan fingerprint density at radius 3 is 2.84 bits per heavy atom. The van der Waals surface area contributed by atoms with E-state index in [1.165, 1.54) is 7.11 Å². The Morgan fingerprint density at radius 1 is 1.47 bits per heavy atom. The summed E-state index contributed by atoms with van der Waals surface area (Å²) in [6, 6.07) is 0.221. The molecule has 1 saturated heterocycles. The zero-order chi connectivity index (χ0) is 14.3. The minimum Gasteiger partial charge on any atom is -0.469 e. The number of hydrogen-bond acceptors (Lipinski definition) is 4. The van der Waals surface area contributed by atoms with Crippen molar-refractivity contribution in [3.05, 3.63) is 0 Å². The Hall–Kier alpha value is -1.10. The van der Waals surface area contributed by atoms with E-state index in [1.807, 2.05) is 11.8 Å². The number of ether oxygens (including phenoxy) is 1. The summed E-state index contributed by atoms with van der Waals surface area (Å²) in [5, 5.41) is 2.99. The Kier molecular flexibility index (Phi) is 6.84. The fraction of sp³-hybridized carbons (Fsp3) is 0.857. The zero-order valence-corrected chi connectivity index (χ0v) is 12.3. The summed E-state index contributed by atoms with van der Waals surface area (Å²) in [6.07, 6.45) is 3.86. The van der Waals surface area contributed by atoms with Gasteiger partial charge in [0.25, 0.3) is 0 Å². The summed E-state index contributed by atoms with van der Waals surface area (Å²) in [6.45, 7) is 6.01. The number of rotatable bonds is 6. The fourth-order valence-corrected chi connectivity index (χ4v) is 2.59. The van der Waals surface area contributed by atoms with Crippen molar-refractivity contribution in [3.8, 4) is 0 Å². The van der Waals surface area contributed by atoms with Gasteiger partial charge in [-0.05, 0) is 32.7 Å². The molecule has 0 radical (unpaired) electrons. The summed E-state index contributed by atoms with van der Waals surface area (Å²) >= 11 is 0. The van der Waals surface area contributed by atoms with Crippen LogP contribution in [0.15, 0.2) is 0 Å². The number of carbonyl (C=O) groups excluding carboxylic acids is 2. The highest BCUT2D eigenvalue weighted by Gasteiger charge is 2.27. The summed E-state index contributed by atoms with van der Waals surface area (Å²) in [5.41, 5.74) is 0. The molecule has 5 nitrogen and oxygen atoms in total. The predicted octanol–water partition coefficient (Wildman–Crippen LogP) is 1.18. The summed E-state index contributed by atoms with van der Waals surface area (Å²) < 4.78 is 4.77. The molecular weight excluding hydrogens is 244 g/mol. The number of amides is 1. The van der Waals surface area contributed by atoms with E-state index in [0.29, 0.717) is 13.1 Å². The number of nitrogens with one attached hydrogen (secondary N) is 1. The molecule has 110 valence electrons. The van der Waals surface area contributed by atoms with Crippen LogP contribution in [0.3, 0.4) is 0 Å². The summed E-state index contributed by atoms with van der Waals surface area (Å²) in [7, 11) is 1.42. The van der Waals surface area contributed by atoms with Gasteiger partial charge in [0.15, 0.2) is 0 Å². The van der Waals surface area contributed by atoms with Crippen molar-refractivity contribution in [1.29, 1.82) is 0 Å². The van der Waals surface area contributed by atoms with Gasteiger partial charge in [-0.15, -0.1) is 0 Å². The number of piperidine rings is 1. The Balaban J connectivity index is 2.35. The minimum atomic E-state index is -0.163. The molecule has 2 atom stereocenters. The van der Waals surface area contributed by atoms with Crippen molar-refractivity contribution >= 4 is 11.9 Å². The first-order valence-electron chi connectivity index (χ1n) is 7.16. The van der Waals surface area contributed by atoms with Crippen LogP contribution in [0.4, 0.5) is 0 Å². The second-order valence-corrected chi connectivity index (χ2v) is 5.35. The maximum absolute atomic E-state index is 11.9. The van der Waals surface area contributed by atoms with E-state index in [2.05, 4.69) is 12.2 Å². The van der Waals surface area contributed by atoms with Gasteiger partial charge in [0.2, 0.25) is 5.91 Å². The molecule has 0 aliphatic carbocycles. The molecule has 0 spiro atoms. The monoisotopic (exact) mass is 270 g/mol. The van der Waals surface area contributed by atoms with Gasteiger partial charge in [0.05, 0.1) is 19.6 Å². The highest BCUT2D eigenvalue weighted by atomic mass is 16.5. The average molecular weight is 270 g/mol. The molecular formula is C14H26N2O3. The molecule has 1 aliphatic rings. The molecule has 1 fully saturated rings. The fourth-order valence-electron chi connectivity index (χ4n) is 2.59. The lowest BCUT2D eigenvalue weighted by molar-refractivity contribution is -0.147. The first-order valence-corrected chi connectivity index (χ1v) is 7.16. The Labute approximate surface area is 115 Å². The topological polar surface area (TPSA) is 58.6 Å². The van der Waals surface area contributed by atoms with Crippen LogP contribution < -0.4 is 5.32 Å². The van der Waals surface area contributed by atoms with E-state index < -0.39 is 0 Å². The first kappa shape index (κ1) is 16.0. The molecule has 1 rings (SSSR count). The number of hydrogen-bond donors (Lipinski definition) is 1. The third-order valence-corrected chi connectivity index (χ3v) is 3.54. The van der Waals surface area contributed by atoms with Crippen molar-refractivity contribution in [3.63, 3.8) is 0 Å². The lowest BCUT2D eigenvalue weighted by Crippen LogP contribution is -2.46. The van der Waals surface area contributed by atoms with Crippen molar-refractivity contribution < 1.29 is 14.3 Å². The molecule has 1 aliphatic heterocycles. The van der Waals surface area contributed by atoms with Gasteiger partial charge in [-0.25, -0.2) is 0 Å². The second-order valence-electron chi connectivity index (χ2n) is 5.35. The Bertz CT molecular complexity index is 307. The molecule has 0 aromatic carbocycles. The van der Waals surface area contributed by atoms with E-state index in [0.717, 1.165) is 32.2 Å². The second kappa shape index (κ2) is 8.15. The van der Waals surface area contributed by atoms with E-state index >= 15 is 0 Å². The van der Waals surface area contributed by atoms with Crippen LogP contribution in [0.1, 0.15) is 39.5 Å². The largest absolute Gasteiger partial charge is 0.469 e. The minimum absolute atomic E-state index is 0.0477. The van der Waals surface area contributed by atoms with Gasteiger partial charge < -0.3 is 10.1 Å². The SMILES string of the molecule is CCCC(C)NC(=O)CN1CCC[C@H](C(=O)OC)C1. The number of methoxy groups -OCH3 is 1. The number of carbonyl (C=O) groups is 2. The third-order valence-electron chi connectivity index (χ3n) is 3.54. The van der Waals surface area contributed by atoms with Crippen LogP contribution in [-0.4, -0.2) is 49.6 Å². The highest BCUT2D eigenvalue weighted by molar-refractivity contribution is 5.78. The molecule has 0 aromatic heterocycles. The molecule has 5 heteroatoms. The first-order chi connectivity index (χ1) is 9.06. The molecule has 0 saturated carbocycles. The normalized spacial score (nSPS) is 21.7. The van der Waals surface area contributed by atoms with E-state index in [1.54, 1.807) is 0 Å². The van der Waals surface area contributed by atoms with Crippen molar-refractivity contribution in [2.45, 2.75) is 45.6 Å². The molecule has 1 unspecified atom stereocenters. The van der Waals surface area contributed by atoms with Crippen molar-refractivity contribution in [2.75, 3.05) is 26.7 Å². The van der Waals surface area contributed by atoms with E-state index in [4.69, 9.17) is 4.74 Å². The van der Waals surface area contributed by atoms with Crippen LogP contribution >= 0.6 is 0 Å². The number of nitrogens with zero attached hydrogens (tertiary/aromatic N) is 1. The van der Waals surface area contributed by atoms with E-state index in [-0.39, 0.29) is 23.8 Å². The molecule has 0 aromatic rings. The lowest BCUT2D eigenvalue weighted by Gasteiger charge is -2.31. The van der Waals surface area contributed by atoms with Crippen LogP contribution in [-0.2, 0) is 14.3 Å². The van der Waals surface area contributed by atoms with Gasteiger partial charge in [-0.2, -0.15) is 0 Å². The van der Waals surface area contributed by atoms with Gasteiger partial charge in [-0.1, -0.05) is 13.3 Å². The van der Waals surface area contributed by atoms with Crippen LogP contribution in [0.2, 0.25) is 0 Å². The van der Waals surface area contributed by atoms with E-state index in [9.17, 15) is 9.59 Å². The van der Waals surface area contributed by atoms with Gasteiger partial charge in [0.1, 0.15) is 0 Å². The van der Waals surface area contributed by atoms with Crippen LogP contribution in [0.25, 0.3) is 0 Å². The highest BCUT2D eigenvalue weighted by Crippen LogP contribution is 2.17. The lowest BCUT2D eigenvalue weighted by atomic mass is 9.98. The maximum Gasteiger partial charge on any atom is 0.309 e. The molecule has 19 heavy (non-hydrogen) atoms. The van der Waals surface area contributed by atoms with Crippen molar-refractivity contribution in [2.24, 2.45) is 5.92 Å². The summed E-state index contributed by atoms with van der Waals surface area (Å²) in [5.74, 6) is -0.199. The summed E-state index contributed by atoms with van der Waals surface area (Å²) in [4.78, 5) is 25.4. The smallest absolute Gasteiger partial charge is 0.309 e. The van der Waals surface area contributed by atoms with Gasteiger partial charge in [0, 0.05) is 12.6 Å². The number of esters is 1. The van der Waals surface area contributed by atoms with Crippen LogP contribution in [0, 0.1) is 5.92 Å². The maximum atomic E-state index is 11.9. The third kappa shape index (κ3) is 5.59. The molecule has 1 N–H and O–H groups in total. The van der Waals surface area contributed by atoms with Gasteiger partial charge in [-0.3, -0.25) is 14.5 Å². The predicted molar refractivity (Wildman–Crippen MR) is 73.7 cm³/mol. The van der Waals surface area contributed by atoms with Crippen LogP contribution in [0.5, 0.6) is 0 Å². The molecule has 1 amide bonds. The number of likely N-dealkylation sites (tertiary alicyclic amines) is 1. The standard InChI is InChI=1S/C14H26N2O3/c1-4-6-11(2)15-13(17)10-16-8-5-7-12(9-16)14(18)19-3/h11-12H,4-10H2,1-3H3,(H,15,17)/t11?,12-/m0/s1. The molecule has 0 bridgehead atoms. The van der Waals surface area contributed by atoms with Crippen molar-refractivity contribution in [1.82, 2.24) is 10.2 Å².